The summed E-state index contributed by atoms with van der Waals surface area (Å²) in [4.78, 5) is 12.6. The van der Waals surface area contributed by atoms with E-state index in [0.29, 0.717) is 6.42 Å². The van der Waals surface area contributed by atoms with Crippen LogP contribution in [-0.4, -0.2) is 28.0 Å². The van der Waals surface area contributed by atoms with Gasteiger partial charge in [0.05, 0.1) is 23.4 Å². The van der Waals surface area contributed by atoms with Crippen LogP contribution in [0.1, 0.15) is 23.0 Å². The maximum Gasteiger partial charge on any atom is 0.356 e. The van der Waals surface area contributed by atoms with Crippen LogP contribution < -0.4 is 4.74 Å². The standard InChI is InChI=1S/C17H15BrN2O3S/c1-3-13-15(17(21)22)19-20(11-4-6-12(23-2)7-5-11)16(13)14-8-10(18)9-24-14/h4-9H,3H2,1-2H3,(H,21,22). The Labute approximate surface area is 151 Å². The van der Waals surface area contributed by atoms with Gasteiger partial charge in [0.1, 0.15) is 5.75 Å². The monoisotopic (exact) mass is 406 g/mol. The average molecular weight is 407 g/mol. The fraction of sp³-hybridized carbons (Fsp3) is 0.176. The Hall–Kier alpha value is -2.12. The number of ether oxygens (including phenoxy) is 1. The van der Waals surface area contributed by atoms with Gasteiger partial charge in [-0.05, 0) is 52.7 Å². The summed E-state index contributed by atoms with van der Waals surface area (Å²) >= 11 is 5.01. The zero-order valence-corrected chi connectivity index (χ0v) is 15.5. The van der Waals surface area contributed by atoms with Gasteiger partial charge < -0.3 is 9.84 Å². The van der Waals surface area contributed by atoms with E-state index in [4.69, 9.17) is 4.74 Å². The number of benzene rings is 1. The Kier molecular flexibility index (Phi) is 4.73. The van der Waals surface area contributed by atoms with Crippen LogP contribution >= 0.6 is 27.3 Å². The molecule has 0 radical (unpaired) electrons. The molecule has 0 aliphatic carbocycles. The van der Waals surface area contributed by atoms with Crippen molar-refractivity contribution in [3.05, 3.63) is 51.4 Å². The second kappa shape index (κ2) is 6.78. The molecule has 0 fully saturated rings. The lowest BCUT2D eigenvalue weighted by Crippen LogP contribution is -2.02. The highest BCUT2D eigenvalue weighted by molar-refractivity contribution is 9.10. The number of carboxylic acid groups (broad SMARTS) is 1. The summed E-state index contributed by atoms with van der Waals surface area (Å²) in [6, 6.07) is 9.37. The van der Waals surface area contributed by atoms with Crippen molar-refractivity contribution in [2.75, 3.05) is 7.11 Å². The highest BCUT2D eigenvalue weighted by Gasteiger charge is 2.24. The van der Waals surface area contributed by atoms with Crippen LogP contribution in [0.3, 0.4) is 0 Å². The molecule has 0 saturated heterocycles. The van der Waals surface area contributed by atoms with Crippen LogP contribution in [0.15, 0.2) is 40.2 Å². The molecule has 7 heteroatoms. The second-order valence-corrected chi connectivity index (χ2v) is 6.90. The summed E-state index contributed by atoms with van der Waals surface area (Å²) in [5.74, 6) is -0.281. The first-order valence-electron chi connectivity index (χ1n) is 7.29. The molecule has 3 rings (SSSR count). The molecule has 1 N–H and O–H groups in total. The van der Waals surface area contributed by atoms with Gasteiger partial charge in [0.15, 0.2) is 5.69 Å². The van der Waals surface area contributed by atoms with Gasteiger partial charge in [-0.15, -0.1) is 11.3 Å². The molecule has 0 aliphatic rings. The maximum atomic E-state index is 11.6. The first kappa shape index (κ1) is 16.7. The lowest BCUT2D eigenvalue weighted by atomic mass is 10.1. The van der Waals surface area contributed by atoms with Gasteiger partial charge >= 0.3 is 5.97 Å². The van der Waals surface area contributed by atoms with Crippen molar-refractivity contribution < 1.29 is 14.6 Å². The number of nitrogens with zero attached hydrogens (tertiary/aromatic N) is 2. The Morgan fingerprint density at radius 2 is 2.08 bits per heavy atom. The number of hydrogen-bond acceptors (Lipinski definition) is 4. The van der Waals surface area contributed by atoms with Gasteiger partial charge in [-0.1, -0.05) is 6.92 Å². The molecule has 0 spiro atoms. The molecule has 0 unspecified atom stereocenters. The van der Waals surface area contributed by atoms with Crippen molar-refractivity contribution in [1.29, 1.82) is 0 Å². The number of rotatable bonds is 5. The van der Waals surface area contributed by atoms with Crippen LogP contribution in [0.25, 0.3) is 16.3 Å². The zero-order valence-electron chi connectivity index (χ0n) is 13.1. The van der Waals surface area contributed by atoms with E-state index >= 15 is 0 Å². The van der Waals surface area contributed by atoms with E-state index in [9.17, 15) is 9.90 Å². The molecule has 0 aliphatic heterocycles. The molecular weight excluding hydrogens is 392 g/mol. The predicted molar refractivity (Wildman–Crippen MR) is 97.5 cm³/mol. The molecule has 5 nitrogen and oxygen atoms in total. The summed E-state index contributed by atoms with van der Waals surface area (Å²) in [6.45, 7) is 1.94. The normalized spacial score (nSPS) is 10.8. The quantitative estimate of drug-likeness (QED) is 0.670. The molecular formula is C17H15BrN2O3S. The molecule has 3 aromatic rings. The lowest BCUT2D eigenvalue weighted by molar-refractivity contribution is 0.0689. The summed E-state index contributed by atoms with van der Waals surface area (Å²) in [6.07, 6.45) is 0.586. The fourth-order valence-electron chi connectivity index (χ4n) is 2.56. The Balaban J connectivity index is 2.25. The summed E-state index contributed by atoms with van der Waals surface area (Å²) in [7, 11) is 1.61. The summed E-state index contributed by atoms with van der Waals surface area (Å²) < 4.78 is 7.84. The number of aromatic carboxylic acids is 1. The van der Waals surface area contributed by atoms with Gasteiger partial charge in [-0.2, -0.15) is 5.10 Å². The van der Waals surface area contributed by atoms with Crippen LogP contribution in [0.5, 0.6) is 5.75 Å². The Morgan fingerprint density at radius 3 is 2.58 bits per heavy atom. The first-order valence-corrected chi connectivity index (χ1v) is 8.96. The Morgan fingerprint density at radius 1 is 1.38 bits per heavy atom. The van der Waals surface area contributed by atoms with Gasteiger partial charge in [0, 0.05) is 15.4 Å². The fourth-order valence-corrected chi connectivity index (χ4v) is 4.04. The molecule has 124 valence electrons. The third kappa shape index (κ3) is 2.97. The minimum atomic E-state index is -1.02. The molecule has 1 aromatic carbocycles. The van der Waals surface area contributed by atoms with E-state index in [1.807, 2.05) is 42.6 Å². The first-order chi connectivity index (χ1) is 11.5. The molecule has 24 heavy (non-hydrogen) atoms. The molecule has 0 atom stereocenters. The Bertz CT molecular complexity index is 884. The van der Waals surface area contributed by atoms with Crippen molar-refractivity contribution >= 4 is 33.2 Å². The van der Waals surface area contributed by atoms with Crippen LogP contribution in [0.4, 0.5) is 0 Å². The van der Waals surface area contributed by atoms with E-state index in [1.165, 1.54) is 0 Å². The molecule has 0 bridgehead atoms. The second-order valence-electron chi connectivity index (χ2n) is 5.07. The van der Waals surface area contributed by atoms with Crippen LogP contribution in [0, 0.1) is 0 Å². The van der Waals surface area contributed by atoms with Crippen molar-refractivity contribution in [3.8, 4) is 22.0 Å². The van der Waals surface area contributed by atoms with E-state index in [0.717, 1.165) is 32.0 Å². The minimum absolute atomic E-state index is 0.0906. The van der Waals surface area contributed by atoms with Crippen molar-refractivity contribution in [2.24, 2.45) is 0 Å². The number of carboxylic acids is 1. The van der Waals surface area contributed by atoms with Gasteiger partial charge in [0.2, 0.25) is 0 Å². The van der Waals surface area contributed by atoms with Gasteiger partial charge in [-0.25, -0.2) is 9.48 Å². The van der Waals surface area contributed by atoms with E-state index in [1.54, 1.807) is 23.1 Å². The van der Waals surface area contributed by atoms with E-state index in [2.05, 4.69) is 21.0 Å². The smallest absolute Gasteiger partial charge is 0.356 e. The number of methoxy groups -OCH3 is 1. The van der Waals surface area contributed by atoms with Gasteiger partial charge in [0.25, 0.3) is 0 Å². The van der Waals surface area contributed by atoms with Crippen molar-refractivity contribution in [2.45, 2.75) is 13.3 Å². The highest BCUT2D eigenvalue weighted by atomic mass is 79.9. The number of hydrogen-bond donors (Lipinski definition) is 1. The highest BCUT2D eigenvalue weighted by Crippen LogP contribution is 2.35. The summed E-state index contributed by atoms with van der Waals surface area (Å²) in [5.41, 5.74) is 2.42. The number of aromatic nitrogens is 2. The topological polar surface area (TPSA) is 64.3 Å². The van der Waals surface area contributed by atoms with Crippen molar-refractivity contribution in [1.82, 2.24) is 9.78 Å². The lowest BCUT2D eigenvalue weighted by Gasteiger charge is -2.08. The van der Waals surface area contributed by atoms with Gasteiger partial charge in [-0.3, -0.25) is 0 Å². The van der Waals surface area contributed by atoms with E-state index < -0.39 is 5.97 Å². The number of carbonyl (C=O) groups is 1. The summed E-state index contributed by atoms with van der Waals surface area (Å²) in [5, 5.41) is 15.8. The zero-order chi connectivity index (χ0) is 17.3. The minimum Gasteiger partial charge on any atom is -0.497 e. The van der Waals surface area contributed by atoms with Crippen LogP contribution in [0.2, 0.25) is 0 Å². The SMILES string of the molecule is CCc1c(C(=O)O)nn(-c2ccc(OC)cc2)c1-c1cc(Br)cs1. The molecule has 2 aromatic heterocycles. The van der Waals surface area contributed by atoms with Crippen molar-refractivity contribution in [3.63, 3.8) is 0 Å². The number of thiophene rings is 1. The third-order valence-electron chi connectivity index (χ3n) is 3.66. The molecule has 0 saturated carbocycles. The third-order valence-corrected chi connectivity index (χ3v) is 5.36. The average Bonchev–Trinajstić information content (AvgIpc) is 3.18. The predicted octanol–water partition coefficient (Wildman–Crippen LogP) is 4.63. The number of halogens is 1. The largest absolute Gasteiger partial charge is 0.497 e. The van der Waals surface area contributed by atoms with E-state index in [-0.39, 0.29) is 5.69 Å². The molecule has 0 amide bonds. The van der Waals surface area contributed by atoms with Crippen LogP contribution in [-0.2, 0) is 6.42 Å². The maximum absolute atomic E-state index is 11.6. The molecule has 2 heterocycles.